The van der Waals surface area contributed by atoms with Gasteiger partial charge in [-0.15, -0.1) is 0 Å². The molecule has 0 aliphatic carbocycles. The number of carbonyl (C=O) groups is 3. The van der Waals surface area contributed by atoms with E-state index in [-0.39, 0.29) is 0 Å². The van der Waals surface area contributed by atoms with Crippen molar-refractivity contribution in [2.24, 2.45) is 11.8 Å². The molecule has 156 valence electrons. The maximum absolute atomic E-state index is 13.5. The van der Waals surface area contributed by atoms with Gasteiger partial charge in [0.05, 0.1) is 24.1 Å². The SMILES string of the molecule is Cc1ccc(C)c(C2NC(CO)(C(=O)O)C3C(=O)N(c4ccccc4C)C(=O)C23)c1. The zero-order chi connectivity index (χ0) is 21.8. The summed E-state index contributed by atoms with van der Waals surface area (Å²) in [6.07, 6.45) is 0. The standard InChI is InChI=1S/C23H24N2O5/c1-12-8-9-13(2)15(10-12)19-17-18(23(11-26,24-19)22(29)30)21(28)25(20(17)27)16-7-5-4-6-14(16)3/h4-10,17-19,24,26H,11H2,1-3H3,(H,29,30). The molecular weight excluding hydrogens is 384 g/mol. The number of carboxylic acid groups (broad SMARTS) is 1. The highest BCUT2D eigenvalue weighted by atomic mass is 16.4. The normalized spacial score (nSPS) is 28.1. The van der Waals surface area contributed by atoms with Gasteiger partial charge in [0.15, 0.2) is 5.54 Å². The minimum atomic E-state index is -1.93. The van der Waals surface area contributed by atoms with Crippen molar-refractivity contribution in [3.63, 3.8) is 0 Å². The van der Waals surface area contributed by atoms with Crippen LogP contribution < -0.4 is 10.2 Å². The van der Waals surface area contributed by atoms with Crippen LogP contribution in [-0.2, 0) is 14.4 Å². The van der Waals surface area contributed by atoms with Gasteiger partial charge in [-0.3, -0.25) is 19.7 Å². The number of anilines is 1. The minimum Gasteiger partial charge on any atom is -0.480 e. The molecule has 2 aromatic carbocycles. The lowest BCUT2D eigenvalue weighted by Gasteiger charge is -2.29. The number of hydrogen-bond donors (Lipinski definition) is 3. The summed E-state index contributed by atoms with van der Waals surface area (Å²) >= 11 is 0. The van der Waals surface area contributed by atoms with Crippen molar-refractivity contribution >= 4 is 23.5 Å². The maximum atomic E-state index is 13.5. The number of carbonyl (C=O) groups excluding carboxylic acids is 2. The second-order valence-electron chi connectivity index (χ2n) is 8.22. The fourth-order valence-corrected chi connectivity index (χ4v) is 4.83. The van der Waals surface area contributed by atoms with E-state index in [1.54, 1.807) is 31.2 Å². The quantitative estimate of drug-likeness (QED) is 0.667. The molecule has 2 saturated heterocycles. The molecule has 0 bridgehead atoms. The predicted molar refractivity (Wildman–Crippen MR) is 110 cm³/mol. The number of rotatable bonds is 4. The van der Waals surface area contributed by atoms with Gasteiger partial charge in [0.2, 0.25) is 11.8 Å². The fraction of sp³-hybridized carbons (Fsp3) is 0.348. The lowest BCUT2D eigenvalue weighted by molar-refractivity contribution is -0.150. The molecule has 30 heavy (non-hydrogen) atoms. The number of aliphatic hydroxyl groups excluding tert-OH is 1. The van der Waals surface area contributed by atoms with Gasteiger partial charge >= 0.3 is 5.97 Å². The second-order valence-corrected chi connectivity index (χ2v) is 8.22. The van der Waals surface area contributed by atoms with E-state index in [4.69, 9.17) is 0 Å². The van der Waals surface area contributed by atoms with Crippen molar-refractivity contribution in [3.05, 3.63) is 64.7 Å². The first kappa shape index (κ1) is 20.3. The Bertz CT molecular complexity index is 1070. The summed E-state index contributed by atoms with van der Waals surface area (Å²) in [5, 5.41) is 23.1. The van der Waals surface area contributed by atoms with Crippen molar-refractivity contribution in [3.8, 4) is 0 Å². The highest BCUT2D eigenvalue weighted by molar-refractivity contribution is 6.24. The zero-order valence-electron chi connectivity index (χ0n) is 17.0. The first-order chi connectivity index (χ1) is 14.2. The smallest absolute Gasteiger partial charge is 0.327 e. The van der Waals surface area contributed by atoms with Crippen LogP contribution >= 0.6 is 0 Å². The molecule has 3 N–H and O–H groups in total. The molecule has 2 amide bonds. The number of benzene rings is 2. The van der Waals surface area contributed by atoms with E-state index in [9.17, 15) is 24.6 Å². The third-order valence-corrected chi connectivity index (χ3v) is 6.41. The van der Waals surface area contributed by atoms with Crippen molar-refractivity contribution in [1.29, 1.82) is 0 Å². The summed E-state index contributed by atoms with van der Waals surface area (Å²) in [4.78, 5) is 40.4. The molecule has 0 saturated carbocycles. The Morgan fingerprint density at radius 2 is 1.77 bits per heavy atom. The number of hydrogen-bond acceptors (Lipinski definition) is 5. The number of fused-ring (bicyclic) bond motifs is 1. The average molecular weight is 408 g/mol. The Morgan fingerprint density at radius 1 is 1.07 bits per heavy atom. The van der Waals surface area contributed by atoms with Gasteiger partial charge in [0.1, 0.15) is 0 Å². The Labute approximate surface area is 174 Å². The molecule has 0 spiro atoms. The van der Waals surface area contributed by atoms with Crippen LogP contribution in [0.15, 0.2) is 42.5 Å². The summed E-state index contributed by atoms with van der Waals surface area (Å²) < 4.78 is 0. The molecule has 2 aliphatic rings. The van der Waals surface area contributed by atoms with E-state index in [1.807, 2.05) is 32.0 Å². The van der Waals surface area contributed by atoms with Crippen LogP contribution in [0.25, 0.3) is 0 Å². The minimum absolute atomic E-state index is 0.443. The number of aryl methyl sites for hydroxylation is 3. The molecule has 7 heteroatoms. The van der Waals surface area contributed by atoms with Crippen LogP contribution in [0.3, 0.4) is 0 Å². The van der Waals surface area contributed by atoms with Gasteiger partial charge in [-0.2, -0.15) is 0 Å². The number of amides is 2. The van der Waals surface area contributed by atoms with E-state index in [2.05, 4.69) is 5.32 Å². The first-order valence-electron chi connectivity index (χ1n) is 9.85. The molecule has 4 rings (SSSR count). The van der Waals surface area contributed by atoms with Crippen LogP contribution in [0, 0.1) is 32.6 Å². The van der Waals surface area contributed by atoms with E-state index in [1.165, 1.54) is 0 Å². The van der Waals surface area contributed by atoms with Crippen LogP contribution in [0.5, 0.6) is 0 Å². The third kappa shape index (κ3) is 2.69. The summed E-state index contributed by atoms with van der Waals surface area (Å²) in [5.74, 6) is -4.54. The number of nitrogens with zero attached hydrogens (tertiary/aromatic N) is 1. The van der Waals surface area contributed by atoms with Crippen LogP contribution in [-0.4, -0.2) is 40.1 Å². The molecule has 7 nitrogen and oxygen atoms in total. The number of aliphatic hydroxyl groups is 1. The summed E-state index contributed by atoms with van der Waals surface area (Å²) in [6, 6.07) is 12.0. The molecule has 2 fully saturated rings. The predicted octanol–water partition coefficient (Wildman–Crippen LogP) is 1.88. The number of carboxylic acids is 1. The highest BCUT2D eigenvalue weighted by Crippen LogP contribution is 2.50. The summed E-state index contributed by atoms with van der Waals surface area (Å²) in [6.45, 7) is 4.78. The molecule has 4 atom stereocenters. The largest absolute Gasteiger partial charge is 0.480 e. The summed E-state index contributed by atoms with van der Waals surface area (Å²) in [7, 11) is 0. The lowest BCUT2D eigenvalue weighted by Crippen LogP contribution is -2.58. The fourth-order valence-electron chi connectivity index (χ4n) is 4.83. The Hall–Kier alpha value is -3.03. The van der Waals surface area contributed by atoms with Crippen molar-refractivity contribution in [2.45, 2.75) is 32.4 Å². The number of para-hydroxylation sites is 1. The molecular formula is C23H24N2O5. The molecule has 2 heterocycles. The first-order valence-corrected chi connectivity index (χ1v) is 9.85. The van der Waals surface area contributed by atoms with Crippen molar-refractivity contribution in [1.82, 2.24) is 5.32 Å². The number of imide groups is 1. The average Bonchev–Trinajstić information content (AvgIpc) is 3.19. The highest BCUT2D eigenvalue weighted by Gasteiger charge is 2.68. The Balaban J connectivity index is 1.90. The van der Waals surface area contributed by atoms with Crippen molar-refractivity contribution in [2.75, 3.05) is 11.5 Å². The van der Waals surface area contributed by atoms with Crippen molar-refractivity contribution < 1.29 is 24.6 Å². The summed E-state index contributed by atoms with van der Waals surface area (Å²) in [5.41, 5.74) is 1.84. The van der Waals surface area contributed by atoms with Gasteiger partial charge in [-0.05, 0) is 43.5 Å². The topological polar surface area (TPSA) is 107 Å². The number of nitrogens with one attached hydrogen (secondary N) is 1. The molecule has 0 aromatic heterocycles. The van der Waals surface area contributed by atoms with Gasteiger partial charge < -0.3 is 10.2 Å². The molecule has 0 radical (unpaired) electrons. The van der Waals surface area contributed by atoms with Crippen LogP contribution in [0.2, 0.25) is 0 Å². The van der Waals surface area contributed by atoms with E-state index < -0.39 is 47.8 Å². The van der Waals surface area contributed by atoms with Gasteiger partial charge in [0, 0.05) is 6.04 Å². The van der Waals surface area contributed by atoms with Gasteiger partial charge in [-0.25, -0.2) is 4.90 Å². The molecule has 2 aliphatic heterocycles. The van der Waals surface area contributed by atoms with Crippen LogP contribution in [0.4, 0.5) is 5.69 Å². The van der Waals surface area contributed by atoms with E-state index in [0.717, 1.165) is 27.2 Å². The third-order valence-electron chi connectivity index (χ3n) is 6.41. The number of aliphatic carboxylic acids is 1. The second kappa shape index (κ2) is 7.04. The van der Waals surface area contributed by atoms with E-state index >= 15 is 0 Å². The van der Waals surface area contributed by atoms with Gasteiger partial charge in [0.25, 0.3) is 0 Å². The Kier molecular flexibility index (Phi) is 4.75. The maximum Gasteiger partial charge on any atom is 0.327 e. The lowest BCUT2D eigenvalue weighted by atomic mass is 9.79. The van der Waals surface area contributed by atoms with E-state index in [0.29, 0.717) is 5.69 Å². The molecule has 4 unspecified atom stereocenters. The molecule has 2 aromatic rings. The van der Waals surface area contributed by atoms with Crippen LogP contribution in [0.1, 0.15) is 28.3 Å². The van der Waals surface area contributed by atoms with Gasteiger partial charge in [-0.1, -0.05) is 42.0 Å². The Morgan fingerprint density at radius 3 is 2.40 bits per heavy atom. The zero-order valence-corrected chi connectivity index (χ0v) is 17.0. The monoisotopic (exact) mass is 408 g/mol.